The van der Waals surface area contributed by atoms with Crippen LogP contribution in [0.25, 0.3) is 22.6 Å². The number of aromatic amines is 1. The average Bonchev–Trinajstić information content (AvgIpc) is 2.67. The van der Waals surface area contributed by atoms with Crippen LogP contribution < -0.4 is 5.56 Å². The lowest BCUT2D eigenvalue weighted by Crippen LogP contribution is -2.02. The maximum Gasteiger partial charge on any atom is 0.248 e. The van der Waals surface area contributed by atoms with E-state index in [1.807, 2.05) is 54.7 Å². The van der Waals surface area contributed by atoms with Crippen molar-refractivity contribution >= 4 is 22.6 Å². The molecule has 0 unspecified atom stereocenters. The lowest BCUT2D eigenvalue weighted by Gasteiger charge is -2.10. The third kappa shape index (κ3) is 3.26. The summed E-state index contributed by atoms with van der Waals surface area (Å²) in [5.41, 5.74) is 5.13. The highest BCUT2D eigenvalue weighted by Gasteiger charge is 2.07. The van der Waals surface area contributed by atoms with Crippen LogP contribution in [0.15, 0.2) is 90.0 Å². The molecular formula is C22H16N2O. The molecule has 0 bridgehead atoms. The Labute approximate surface area is 145 Å². The molecule has 0 saturated heterocycles. The fourth-order valence-corrected chi connectivity index (χ4v) is 2.90. The van der Waals surface area contributed by atoms with E-state index in [1.54, 1.807) is 12.3 Å². The SMILES string of the molecule is O=c1ccc2cc(/C(=C\c3cccnc3)c3ccccc3)ccc2[nH]1. The predicted octanol–water partition coefficient (Wildman–Crippen LogP) is 4.51. The van der Waals surface area contributed by atoms with Gasteiger partial charge in [-0.3, -0.25) is 9.78 Å². The Bertz CT molecular complexity index is 1100. The van der Waals surface area contributed by atoms with Gasteiger partial charge in [0, 0.05) is 24.0 Å². The van der Waals surface area contributed by atoms with Gasteiger partial charge in [-0.15, -0.1) is 0 Å². The van der Waals surface area contributed by atoms with Gasteiger partial charge in [0.25, 0.3) is 0 Å². The summed E-state index contributed by atoms with van der Waals surface area (Å²) in [5.74, 6) is 0. The molecule has 0 aliphatic rings. The lowest BCUT2D eigenvalue weighted by molar-refractivity contribution is 1.30. The number of hydrogen-bond acceptors (Lipinski definition) is 2. The predicted molar refractivity (Wildman–Crippen MR) is 102 cm³/mol. The molecule has 0 saturated carbocycles. The number of fused-ring (bicyclic) bond motifs is 1. The first-order chi connectivity index (χ1) is 12.3. The van der Waals surface area contributed by atoms with Crippen LogP contribution in [-0.4, -0.2) is 9.97 Å². The molecule has 4 aromatic rings. The van der Waals surface area contributed by atoms with Gasteiger partial charge in [-0.2, -0.15) is 0 Å². The van der Waals surface area contributed by atoms with Gasteiger partial charge in [0.2, 0.25) is 5.56 Å². The van der Waals surface area contributed by atoms with Crippen LogP contribution in [0.3, 0.4) is 0 Å². The minimum Gasteiger partial charge on any atom is -0.322 e. The van der Waals surface area contributed by atoms with E-state index in [9.17, 15) is 4.79 Å². The van der Waals surface area contributed by atoms with Crippen molar-refractivity contribution in [2.24, 2.45) is 0 Å². The minimum atomic E-state index is -0.0885. The van der Waals surface area contributed by atoms with Gasteiger partial charge in [0.15, 0.2) is 0 Å². The van der Waals surface area contributed by atoms with E-state index in [0.29, 0.717) is 0 Å². The molecule has 120 valence electrons. The smallest absolute Gasteiger partial charge is 0.248 e. The first-order valence-electron chi connectivity index (χ1n) is 8.10. The van der Waals surface area contributed by atoms with Crippen LogP contribution in [0.2, 0.25) is 0 Å². The number of pyridine rings is 2. The van der Waals surface area contributed by atoms with Crippen LogP contribution in [0.4, 0.5) is 0 Å². The molecule has 0 aliphatic heterocycles. The van der Waals surface area contributed by atoms with Crippen molar-refractivity contribution < 1.29 is 0 Å². The summed E-state index contributed by atoms with van der Waals surface area (Å²) in [4.78, 5) is 18.6. The van der Waals surface area contributed by atoms with Crippen LogP contribution in [-0.2, 0) is 0 Å². The van der Waals surface area contributed by atoms with E-state index in [1.165, 1.54) is 0 Å². The van der Waals surface area contributed by atoms with E-state index in [0.717, 1.165) is 33.2 Å². The number of nitrogens with one attached hydrogen (secondary N) is 1. The Morgan fingerprint density at radius 2 is 1.76 bits per heavy atom. The van der Waals surface area contributed by atoms with Gasteiger partial charge in [-0.25, -0.2) is 0 Å². The summed E-state index contributed by atoms with van der Waals surface area (Å²) in [6.07, 6.45) is 5.75. The van der Waals surface area contributed by atoms with Crippen molar-refractivity contribution in [1.82, 2.24) is 9.97 Å². The second-order valence-corrected chi connectivity index (χ2v) is 5.84. The Morgan fingerprint density at radius 1 is 0.880 bits per heavy atom. The van der Waals surface area contributed by atoms with Crippen LogP contribution >= 0.6 is 0 Å². The van der Waals surface area contributed by atoms with Crippen LogP contribution in [0, 0.1) is 0 Å². The topological polar surface area (TPSA) is 45.8 Å². The van der Waals surface area contributed by atoms with Crippen molar-refractivity contribution in [3.8, 4) is 0 Å². The standard InChI is InChI=1S/C22H16N2O/c25-22-11-9-19-14-18(8-10-21(19)24-22)20(17-6-2-1-3-7-17)13-16-5-4-12-23-15-16/h1-15H,(H,24,25)/b20-13-. The highest BCUT2D eigenvalue weighted by atomic mass is 16.1. The number of H-pyrrole nitrogens is 1. The molecule has 0 radical (unpaired) electrons. The fraction of sp³-hybridized carbons (Fsp3) is 0. The van der Waals surface area contributed by atoms with Gasteiger partial charge in [-0.1, -0.05) is 42.5 Å². The van der Waals surface area contributed by atoms with Gasteiger partial charge >= 0.3 is 0 Å². The first-order valence-corrected chi connectivity index (χ1v) is 8.10. The molecule has 0 spiro atoms. The van der Waals surface area contributed by atoms with Crippen molar-refractivity contribution in [3.05, 3.63) is 112 Å². The molecule has 1 N–H and O–H groups in total. The van der Waals surface area contributed by atoms with Crippen molar-refractivity contribution in [1.29, 1.82) is 0 Å². The quantitative estimate of drug-likeness (QED) is 0.602. The zero-order valence-electron chi connectivity index (χ0n) is 13.5. The van der Waals surface area contributed by atoms with Crippen molar-refractivity contribution in [2.75, 3.05) is 0 Å². The second kappa shape index (κ2) is 6.57. The molecule has 2 aromatic carbocycles. The minimum absolute atomic E-state index is 0.0885. The third-order valence-corrected chi connectivity index (χ3v) is 4.11. The molecule has 2 heterocycles. The van der Waals surface area contributed by atoms with Gasteiger partial charge in [0.05, 0.1) is 0 Å². The molecule has 0 amide bonds. The van der Waals surface area contributed by atoms with Crippen LogP contribution in [0.5, 0.6) is 0 Å². The Kier molecular flexibility index (Phi) is 3.97. The maximum atomic E-state index is 11.5. The Morgan fingerprint density at radius 3 is 2.56 bits per heavy atom. The van der Waals surface area contributed by atoms with Gasteiger partial charge < -0.3 is 4.98 Å². The monoisotopic (exact) mass is 324 g/mol. The van der Waals surface area contributed by atoms with Crippen molar-refractivity contribution in [3.63, 3.8) is 0 Å². The summed E-state index contributed by atoms with van der Waals surface area (Å²) in [6.45, 7) is 0. The third-order valence-electron chi connectivity index (χ3n) is 4.11. The molecule has 25 heavy (non-hydrogen) atoms. The number of aromatic nitrogens is 2. The second-order valence-electron chi connectivity index (χ2n) is 5.84. The Hall–Kier alpha value is -3.46. The largest absolute Gasteiger partial charge is 0.322 e. The Balaban J connectivity index is 1.90. The lowest BCUT2D eigenvalue weighted by atomic mass is 9.95. The molecule has 0 aliphatic carbocycles. The molecule has 0 fully saturated rings. The van der Waals surface area contributed by atoms with Gasteiger partial charge in [-0.05, 0) is 58.0 Å². The number of hydrogen-bond donors (Lipinski definition) is 1. The molecule has 0 atom stereocenters. The number of nitrogens with zero attached hydrogens (tertiary/aromatic N) is 1. The van der Waals surface area contributed by atoms with E-state index in [-0.39, 0.29) is 5.56 Å². The first kappa shape index (κ1) is 15.1. The van der Waals surface area contributed by atoms with E-state index in [2.05, 4.69) is 34.2 Å². The summed E-state index contributed by atoms with van der Waals surface area (Å²) in [7, 11) is 0. The highest BCUT2D eigenvalue weighted by Crippen LogP contribution is 2.27. The zero-order chi connectivity index (χ0) is 17.1. The average molecular weight is 324 g/mol. The highest BCUT2D eigenvalue weighted by molar-refractivity contribution is 5.94. The van der Waals surface area contributed by atoms with E-state index >= 15 is 0 Å². The molecule has 3 nitrogen and oxygen atoms in total. The number of benzene rings is 2. The maximum absolute atomic E-state index is 11.5. The molecule has 4 rings (SSSR count). The molecule has 3 heteroatoms. The summed E-state index contributed by atoms with van der Waals surface area (Å²) in [6, 6.07) is 23.7. The normalized spacial score (nSPS) is 11.6. The summed E-state index contributed by atoms with van der Waals surface area (Å²) >= 11 is 0. The summed E-state index contributed by atoms with van der Waals surface area (Å²) in [5, 5.41) is 1.00. The summed E-state index contributed by atoms with van der Waals surface area (Å²) < 4.78 is 0. The molecule has 2 aromatic heterocycles. The fourth-order valence-electron chi connectivity index (χ4n) is 2.90. The van der Waals surface area contributed by atoms with Gasteiger partial charge in [0.1, 0.15) is 0 Å². The van der Waals surface area contributed by atoms with E-state index in [4.69, 9.17) is 0 Å². The van der Waals surface area contributed by atoms with Crippen LogP contribution in [0.1, 0.15) is 16.7 Å². The zero-order valence-corrected chi connectivity index (χ0v) is 13.5. The van der Waals surface area contributed by atoms with Crippen molar-refractivity contribution in [2.45, 2.75) is 0 Å². The molecular weight excluding hydrogens is 308 g/mol. The van der Waals surface area contributed by atoms with E-state index < -0.39 is 0 Å². The number of rotatable bonds is 3.